The van der Waals surface area contributed by atoms with Crippen LogP contribution in [0.2, 0.25) is 0 Å². The Bertz CT molecular complexity index is 677. The van der Waals surface area contributed by atoms with E-state index in [4.69, 9.17) is 5.10 Å². The number of aryl methyl sites for hydroxylation is 2. The highest BCUT2D eigenvalue weighted by Crippen LogP contribution is 2.40. The van der Waals surface area contributed by atoms with Gasteiger partial charge in [-0.15, -0.1) is 0 Å². The molecule has 2 aromatic rings. The highest BCUT2D eigenvalue weighted by atomic mass is 79.9. The molecule has 0 aromatic carbocycles. The van der Waals surface area contributed by atoms with Gasteiger partial charge in [-0.3, -0.25) is 4.68 Å². The first-order chi connectivity index (χ1) is 10.0. The zero-order valence-corrected chi connectivity index (χ0v) is 14.5. The Hall–Kier alpha value is -1.56. The Kier molecular flexibility index (Phi) is 3.65. The van der Waals surface area contributed by atoms with Gasteiger partial charge in [-0.25, -0.2) is 4.98 Å². The minimum Gasteiger partial charge on any atom is -0.361 e. The largest absolute Gasteiger partial charge is 0.361 e. The molecular formula is C15H20BrN5. The Morgan fingerprint density at radius 1 is 1.33 bits per heavy atom. The van der Waals surface area contributed by atoms with E-state index in [1.165, 1.54) is 11.1 Å². The third kappa shape index (κ3) is 2.31. The highest BCUT2D eigenvalue weighted by molar-refractivity contribution is 9.10. The van der Waals surface area contributed by atoms with Crippen molar-refractivity contribution in [1.29, 1.82) is 0 Å². The molecule has 1 aliphatic heterocycles. The number of hydrogen-bond acceptors (Lipinski definition) is 4. The molecule has 5 nitrogen and oxygen atoms in total. The van der Waals surface area contributed by atoms with E-state index in [1.807, 2.05) is 32.0 Å². The van der Waals surface area contributed by atoms with Crippen LogP contribution in [0.1, 0.15) is 17.5 Å². The summed E-state index contributed by atoms with van der Waals surface area (Å²) in [5.41, 5.74) is 3.68. The van der Waals surface area contributed by atoms with Crippen molar-refractivity contribution in [2.45, 2.75) is 19.8 Å². The molecule has 6 heteroatoms. The van der Waals surface area contributed by atoms with E-state index in [2.05, 4.69) is 43.7 Å². The molecule has 112 valence electrons. The highest BCUT2D eigenvalue weighted by Gasteiger charge is 2.28. The minimum absolute atomic E-state index is 0.976. The van der Waals surface area contributed by atoms with E-state index in [0.717, 1.165) is 41.3 Å². The van der Waals surface area contributed by atoms with Crippen LogP contribution < -0.4 is 9.80 Å². The third-order valence-electron chi connectivity index (χ3n) is 3.91. The number of fused-ring (bicyclic) bond motifs is 1. The number of anilines is 3. The lowest BCUT2D eigenvalue weighted by atomic mass is 10.1. The smallest absolute Gasteiger partial charge is 0.159 e. The molecule has 1 aliphatic rings. The van der Waals surface area contributed by atoms with Gasteiger partial charge in [-0.05, 0) is 47.3 Å². The lowest BCUT2D eigenvalue weighted by molar-refractivity contribution is 0.735. The maximum absolute atomic E-state index is 4.70. The molecule has 0 radical (unpaired) electrons. The van der Waals surface area contributed by atoms with Gasteiger partial charge in [-0.1, -0.05) is 0 Å². The molecule has 21 heavy (non-hydrogen) atoms. The summed E-state index contributed by atoms with van der Waals surface area (Å²) < 4.78 is 2.99. The number of nitrogens with zero attached hydrogens (tertiary/aromatic N) is 5. The number of hydrogen-bond donors (Lipinski definition) is 0. The number of pyridine rings is 1. The monoisotopic (exact) mass is 349 g/mol. The Morgan fingerprint density at radius 2 is 2.10 bits per heavy atom. The SMILES string of the molecule is Cc1ccnc(N(C)C)c1N1CCCc2c1nn(C)c2Br. The van der Waals surface area contributed by atoms with Gasteiger partial charge in [-0.2, -0.15) is 5.10 Å². The van der Waals surface area contributed by atoms with Crippen molar-refractivity contribution in [2.75, 3.05) is 30.4 Å². The summed E-state index contributed by atoms with van der Waals surface area (Å²) in [4.78, 5) is 8.93. The number of aromatic nitrogens is 3. The Morgan fingerprint density at radius 3 is 2.81 bits per heavy atom. The topological polar surface area (TPSA) is 37.2 Å². The molecular weight excluding hydrogens is 330 g/mol. The van der Waals surface area contributed by atoms with Gasteiger partial charge in [0, 0.05) is 39.4 Å². The maximum Gasteiger partial charge on any atom is 0.159 e. The van der Waals surface area contributed by atoms with Crippen LogP contribution in [0.5, 0.6) is 0 Å². The average molecular weight is 350 g/mol. The first-order valence-electron chi connectivity index (χ1n) is 7.12. The first-order valence-corrected chi connectivity index (χ1v) is 7.92. The summed E-state index contributed by atoms with van der Waals surface area (Å²) in [5.74, 6) is 2.04. The van der Waals surface area contributed by atoms with Gasteiger partial charge in [0.1, 0.15) is 4.60 Å². The van der Waals surface area contributed by atoms with Crippen molar-refractivity contribution in [3.05, 3.63) is 28.0 Å². The van der Waals surface area contributed by atoms with Gasteiger partial charge in [0.15, 0.2) is 11.6 Å². The van der Waals surface area contributed by atoms with Crippen molar-refractivity contribution >= 4 is 33.3 Å². The lowest BCUT2D eigenvalue weighted by Crippen LogP contribution is -2.27. The molecule has 0 N–H and O–H groups in total. The van der Waals surface area contributed by atoms with Crippen LogP contribution in [0, 0.1) is 6.92 Å². The molecule has 3 heterocycles. The fraction of sp³-hybridized carbons (Fsp3) is 0.467. The van der Waals surface area contributed by atoms with Crippen LogP contribution in [0.3, 0.4) is 0 Å². The van der Waals surface area contributed by atoms with Crippen molar-refractivity contribution in [3.8, 4) is 0 Å². The summed E-state index contributed by atoms with van der Waals surface area (Å²) in [7, 11) is 6.04. The van der Waals surface area contributed by atoms with E-state index in [-0.39, 0.29) is 0 Å². The van der Waals surface area contributed by atoms with E-state index in [9.17, 15) is 0 Å². The van der Waals surface area contributed by atoms with E-state index >= 15 is 0 Å². The van der Waals surface area contributed by atoms with Gasteiger partial charge >= 0.3 is 0 Å². The molecule has 0 atom stereocenters. The summed E-state index contributed by atoms with van der Waals surface area (Å²) in [6, 6.07) is 2.06. The Labute approximate surface area is 133 Å². The quantitative estimate of drug-likeness (QED) is 0.834. The average Bonchev–Trinajstić information content (AvgIpc) is 2.74. The fourth-order valence-corrected chi connectivity index (χ4v) is 3.36. The second-order valence-electron chi connectivity index (χ2n) is 5.67. The molecule has 0 spiro atoms. The second-order valence-corrected chi connectivity index (χ2v) is 6.42. The first kappa shape index (κ1) is 14.4. The van der Waals surface area contributed by atoms with Crippen LogP contribution in [-0.4, -0.2) is 35.4 Å². The molecule has 0 fully saturated rings. The predicted octanol–water partition coefficient (Wildman–Crippen LogP) is 3.04. The van der Waals surface area contributed by atoms with E-state index in [1.54, 1.807) is 0 Å². The molecule has 0 bridgehead atoms. The predicted molar refractivity (Wildman–Crippen MR) is 89.5 cm³/mol. The van der Waals surface area contributed by atoms with Crippen LogP contribution in [0.15, 0.2) is 16.9 Å². The van der Waals surface area contributed by atoms with Gasteiger partial charge in [0.25, 0.3) is 0 Å². The fourth-order valence-electron chi connectivity index (χ4n) is 2.90. The van der Waals surface area contributed by atoms with E-state index in [0.29, 0.717) is 0 Å². The molecule has 0 saturated carbocycles. The van der Waals surface area contributed by atoms with Gasteiger partial charge in [0.05, 0.1) is 5.69 Å². The van der Waals surface area contributed by atoms with Crippen LogP contribution in [-0.2, 0) is 13.5 Å². The summed E-state index contributed by atoms with van der Waals surface area (Å²) in [6.45, 7) is 3.11. The molecule has 0 amide bonds. The summed E-state index contributed by atoms with van der Waals surface area (Å²) in [6.07, 6.45) is 4.06. The molecule has 0 saturated heterocycles. The molecule has 0 unspecified atom stereocenters. The standard InChI is InChI=1S/C15H20BrN5/c1-10-7-8-17-15(19(2)3)12(10)21-9-5-6-11-13(16)20(4)18-14(11)21/h7-8H,5-6,9H2,1-4H3. The van der Waals surface area contributed by atoms with Crippen molar-refractivity contribution in [1.82, 2.24) is 14.8 Å². The zero-order valence-electron chi connectivity index (χ0n) is 12.9. The minimum atomic E-state index is 0.976. The van der Waals surface area contributed by atoms with Crippen molar-refractivity contribution < 1.29 is 0 Å². The summed E-state index contributed by atoms with van der Waals surface area (Å²) in [5, 5.41) is 4.70. The zero-order chi connectivity index (χ0) is 15.1. The van der Waals surface area contributed by atoms with Gasteiger partial charge in [0.2, 0.25) is 0 Å². The van der Waals surface area contributed by atoms with E-state index < -0.39 is 0 Å². The van der Waals surface area contributed by atoms with Crippen LogP contribution >= 0.6 is 15.9 Å². The second kappa shape index (κ2) is 5.33. The maximum atomic E-state index is 4.70. The Balaban J connectivity index is 2.18. The molecule has 0 aliphatic carbocycles. The van der Waals surface area contributed by atoms with Crippen LogP contribution in [0.25, 0.3) is 0 Å². The normalized spacial score (nSPS) is 14.2. The summed E-state index contributed by atoms with van der Waals surface area (Å²) >= 11 is 3.65. The van der Waals surface area contributed by atoms with Crippen LogP contribution in [0.4, 0.5) is 17.3 Å². The molecule has 3 rings (SSSR count). The molecule has 2 aromatic heterocycles. The lowest BCUT2D eigenvalue weighted by Gasteiger charge is -2.31. The van der Waals surface area contributed by atoms with Crippen molar-refractivity contribution in [3.63, 3.8) is 0 Å². The van der Waals surface area contributed by atoms with Crippen molar-refractivity contribution in [2.24, 2.45) is 7.05 Å². The number of rotatable bonds is 2. The third-order valence-corrected chi connectivity index (χ3v) is 4.90. The van der Waals surface area contributed by atoms with Gasteiger partial charge < -0.3 is 9.80 Å². The number of halogens is 1.